The van der Waals surface area contributed by atoms with Crippen LogP contribution in [0.15, 0.2) is 47.8 Å². The van der Waals surface area contributed by atoms with Gasteiger partial charge in [-0.25, -0.2) is 0 Å². The number of halogens is 1. The molecule has 0 amide bonds. The monoisotopic (exact) mass is 303 g/mol. The SMILES string of the molecule is COc1ccc(Cl)cc1NCc1csc2ccccc12. The summed E-state index contributed by atoms with van der Waals surface area (Å²) in [5, 5.41) is 7.58. The third-order valence-electron chi connectivity index (χ3n) is 3.19. The van der Waals surface area contributed by atoms with E-state index in [-0.39, 0.29) is 0 Å². The van der Waals surface area contributed by atoms with Gasteiger partial charge in [-0.05, 0) is 40.6 Å². The number of anilines is 1. The second-order valence-electron chi connectivity index (χ2n) is 4.46. The third-order valence-corrected chi connectivity index (χ3v) is 4.44. The number of fused-ring (bicyclic) bond motifs is 1. The normalized spacial score (nSPS) is 10.7. The van der Waals surface area contributed by atoms with Crippen LogP contribution in [0.5, 0.6) is 5.75 Å². The lowest BCUT2D eigenvalue weighted by Crippen LogP contribution is -2.00. The number of hydrogen-bond donors (Lipinski definition) is 1. The minimum atomic E-state index is 0.698. The van der Waals surface area contributed by atoms with Crippen LogP contribution in [-0.4, -0.2) is 7.11 Å². The highest BCUT2D eigenvalue weighted by molar-refractivity contribution is 7.17. The molecule has 0 aliphatic carbocycles. The number of methoxy groups -OCH3 is 1. The van der Waals surface area contributed by atoms with E-state index >= 15 is 0 Å². The van der Waals surface area contributed by atoms with Gasteiger partial charge in [0.15, 0.2) is 0 Å². The molecule has 0 bridgehead atoms. The van der Waals surface area contributed by atoms with Gasteiger partial charge >= 0.3 is 0 Å². The van der Waals surface area contributed by atoms with E-state index in [1.807, 2.05) is 18.2 Å². The summed E-state index contributed by atoms with van der Waals surface area (Å²) in [6, 6.07) is 14.0. The van der Waals surface area contributed by atoms with Crippen molar-refractivity contribution in [2.24, 2.45) is 0 Å². The molecule has 3 rings (SSSR count). The van der Waals surface area contributed by atoms with Crippen molar-refractivity contribution >= 4 is 38.7 Å². The van der Waals surface area contributed by atoms with Crippen molar-refractivity contribution in [3.8, 4) is 5.75 Å². The van der Waals surface area contributed by atoms with Crippen molar-refractivity contribution in [1.82, 2.24) is 0 Å². The lowest BCUT2D eigenvalue weighted by molar-refractivity contribution is 0.416. The minimum Gasteiger partial charge on any atom is -0.495 e. The number of benzene rings is 2. The second kappa shape index (κ2) is 5.73. The van der Waals surface area contributed by atoms with Crippen molar-refractivity contribution in [3.05, 3.63) is 58.4 Å². The van der Waals surface area contributed by atoms with Crippen LogP contribution >= 0.6 is 22.9 Å². The van der Waals surface area contributed by atoms with Gasteiger partial charge in [-0.2, -0.15) is 0 Å². The summed E-state index contributed by atoms with van der Waals surface area (Å²) in [5.74, 6) is 0.800. The molecule has 0 spiro atoms. The summed E-state index contributed by atoms with van der Waals surface area (Å²) in [5.41, 5.74) is 2.20. The van der Waals surface area contributed by atoms with Gasteiger partial charge in [0.2, 0.25) is 0 Å². The first-order chi connectivity index (χ1) is 9.78. The molecule has 2 aromatic carbocycles. The first-order valence-electron chi connectivity index (χ1n) is 6.30. The Hall–Kier alpha value is -1.71. The highest BCUT2D eigenvalue weighted by Gasteiger charge is 2.06. The molecule has 3 aromatic rings. The van der Waals surface area contributed by atoms with Crippen LogP contribution < -0.4 is 10.1 Å². The van der Waals surface area contributed by atoms with E-state index in [0.29, 0.717) is 5.02 Å². The van der Waals surface area contributed by atoms with E-state index in [1.54, 1.807) is 18.4 Å². The fourth-order valence-electron chi connectivity index (χ4n) is 2.18. The Labute approximate surface area is 127 Å². The van der Waals surface area contributed by atoms with Crippen molar-refractivity contribution < 1.29 is 4.74 Å². The number of ether oxygens (including phenoxy) is 1. The van der Waals surface area contributed by atoms with Crippen molar-refractivity contribution in [3.63, 3.8) is 0 Å². The number of hydrogen-bond acceptors (Lipinski definition) is 3. The summed E-state index contributed by atoms with van der Waals surface area (Å²) in [4.78, 5) is 0. The van der Waals surface area contributed by atoms with Crippen LogP contribution in [0.4, 0.5) is 5.69 Å². The fourth-order valence-corrected chi connectivity index (χ4v) is 3.31. The van der Waals surface area contributed by atoms with E-state index in [9.17, 15) is 0 Å². The maximum Gasteiger partial charge on any atom is 0.142 e. The molecule has 0 radical (unpaired) electrons. The van der Waals surface area contributed by atoms with Crippen molar-refractivity contribution in [2.75, 3.05) is 12.4 Å². The zero-order valence-electron chi connectivity index (χ0n) is 11.0. The van der Waals surface area contributed by atoms with Gasteiger partial charge in [0.25, 0.3) is 0 Å². The van der Waals surface area contributed by atoms with Crippen LogP contribution in [0.25, 0.3) is 10.1 Å². The van der Waals surface area contributed by atoms with Crippen LogP contribution in [0.3, 0.4) is 0 Å². The van der Waals surface area contributed by atoms with Gasteiger partial charge < -0.3 is 10.1 Å². The Bertz CT molecular complexity index is 738. The zero-order valence-corrected chi connectivity index (χ0v) is 12.6. The molecule has 1 aromatic heterocycles. The fraction of sp³-hybridized carbons (Fsp3) is 0.125. The van der Waals surface area contributed by atoms with Crippen LogP contribution in [0.1, 0.15) is 5.56 Å². The molecule has 0 aliphatic rings. The third kappa shape index (κ3) is 2.60. The highest BCUT2D eigenvalue weighted by atomic mass is 35.5. The van der Waals surface area contributed by atoms with Gasteiger partial charge in [-0.1, -0.05) is 29.8 Å². The predicted molar refractivity (Wildman–Crippen MR) is 87.2 cm³/mol. The maximum atomic E-state index is 6.04. The molecular formula is C16H14ClNOS. The molecule has 20 heavy (non-hydrogen) atoms. The molecule has 0 fully saturated rings. The summed E-state index contributed by atoms with van der Waals surface area (Å²) < 4.78 is 6.65. The van der Waals surface area contributed by atoms with Gasteiger partial charge in [0, 0.05) is 16.3 Å². The van der Waals surface area contributed by atoms with E-state index in [1.165, 1.54) is 15.6 Å². The summed E-state index contributed by atoms with van der Waals surface area (Å²) >= 11 is 7.80. The summed E-state index contributed by atoms with van der Waals surface area (Å²) in [6.45, 7) is 0.751. The largest absolute Gasteiger partial charge is 0.495 e. The Kier molecular flexibility index (Phi) is 3.81. The van der Waals surface area contributed by atoms with Gasteiger partial charge in [0.1, 0.15) is 5.75 Å². The lowest BCUT2D eigenvalue weighted by atomic mass is 10.2. The number of nitrogens with one attached hydrogen (secondary N) is 1. The molecule has 0 saturated carbocycles. The van der Waals surface area contributed by atoms with Crippen molar-refractivity contribution in [1.29, 1.82) is 0 Å². The van der Waals surface area contributed by atoms with Crippen LogP contribution in [0.2, 0.25) is 5.02 Å². The quantitative estimate of drug-likeness (QED) is 0.717. The average Bonchev–Trinajstić information content (AvgIpc) is 2.88. The molecule has 102 valence electrons. The molecule has 0 aliphatic heterocycles. The van der Waals surface area contributed by atoms with Crippen LogP contribution in [0, 0.1) is 0 Å². The first kappa shape index (κ1) is 13.3. The molecule has 4 heteroatoms. The smallest absolute Gasteiger partial charge is 0.142 e. The predicted octanol–water partition coefficient (Wildman–Crippen LogP) is 5.18. The van der Waals surface area contributed by atoms with Crippen molar-refractivity contribution in [2.45, 2.75) is 6.54 Å². The molecular weight excluding hydrogens is 290 g/mol. The van der Waals surface area contributed by atoms with E-state index in [0.717, 1.165) is 18.0 Å². The van der Waals surface area contributed by atoms with E-state index < -0.39 is 0 Å². The number of thiophene rings is 1. The highest BCUT2D eigenvalue weighted by Crippen LogP contribution is 2.30. The Morgan fingerprint density at radius 1 is 1.20 bits per heavy atom. The lowest BCUT2D eigenvalue weighted by Gasteiger charge is -2.11. The Morgan fingerprint density at radius 2 is 2.05 bits per heavy atom. The topological polar surface area (TPSA) is 21.3 Å². The number of rotatable bonds is 4. The standard InChI is InChI=1S/C16H14ClNOS/c1-19-15-7-6-12(17)8-14(15)18-9-11-10-20-16-5-3-2-4-13(11)16/h2-8,10,18H,9H2,1H3. The van der Waals surface area contributed by atoms with Gasteiger partial charge in [0.05, 0.1) is 12.8 Å². The maximum absolute atomic E-state index is 6.04. The van der Waals surface area contributed by atoms with Gasteiger partial charge in [-0.15, -0.1) is 11.3 Å². The average molecular weight is 304 g/mol. The van der Waals surface area contributed by atoms with E-state index in [4.69, 9.17) is 16.3 Å². The van der Waals surface area contributed by atoms with E-state index in [2.05, 4.69) is 35.0 Å². The summed E-state index contributed by atoms with van der Waals surface area (Å²) in [7, 11) is 1.66. The van der Waals surface area contributed by atoms with Crippen LogP contribution in [-0.2, 0) is 6.54 Å². The molecule has 0 saturated heterocycles. The second-order valence-corrected chi connectivity index (χ2v) is 5.80. The summed E-state index contributed by atoms with van der Waals surface area (Å²) in [6.07, 6.45) is 0. The minimum absolute atomic E-state index is 0.698. The van der Waals surface area contributed by atoms with Gasteiger partial charge in [-0.3, -0.25) is 0 Å². The molecule has 0 unspecified atom stereocenters. The molecule has 1 heterocycles. The molecule has 0 atom stereocenters. The Balaban J connectivity index is 1.84. The molecule has 1 N–H and O–H groups in total. The molecule has 2 nitrogen and oxygen atoms in total. The zero-order chi connectivity index (χ0) is 13.9. The Morgan fingerprint density at radius 3 is 2.90 bits per heavy atom. The first-order valence-corrected chi connectivity index (χ1v) is 7.56.